The van der Waals surface area contributed by atoms with E-state index in [1.807, 2.05) is 0 Å². The van der Waals surface area contributed by atoms with E-state index in [1.165, 1.54) is 19.2 Å². The highest BCUT2D eigenvalue weighted by Crippen LogP contribution is 2.30. The number of amides is 1. The molecule has 0 bridgehead atoms. The summed E-state index contributed by atoms with van der Waals surface area (Å²) in [7, 11) is 1.51. The molecule has 2 aromatic rings. The molecule has 0 fully saturated rings. The number of carbonyl (C=O) groups is 1. The first-order valence-electron chi connectivity index (χ1n) is 7.53. The van der Waals surface area contributed by atoms with Gasteiger partial charge in [0.1, 0.15) is 0 Å². The predicted octanol–water partition coefficient (Wildman–Crippen LogP) is 3.32. The molecule has 0 aliphatic rings. The predicted molar refractivity (Wildman–Crippen MR) is 85.9 cm³/mol. The van der Waals surface area contributed by atoms with Gasteiger partial charge in [0, 0.05) is 19.2 Å². The summed E-state index contributed by atoms with van der Waals surface area (Å²) < 4.78 is 43.2. The number of benzene rings is 2. The molecule has 0 saturated heterocycles. The molecule has 2 N–H and O–H groups in total. The second-order valence-electron chi connectivity index (χ2n) is 5.44. The van der Waals surface area contributed by atoms with E-state index in [9.17, 15) is 23.1 Å². The summed E-state index contributed by atoms with van der Waals surface area (Å²) in [5, 5.41) is 12.6. The lowest BCUT2D eigenvalue weighted by molar-refractivity contribution is -0.137. The second-order valence-corrected chi connectivity index (χ2v) is 5.44. The molecule has 0 aliphatic heterocycles. The van der Waals surface area contributed by atoms with E-state index in [0.29, 0.717) is 11.1 Å². The summed E-state index contributed by atoms with van der Waals surface area (Å²) in [5.41, 5.74) is 0.303. The first kappa shape index (κ1) is 19.0. The van der Waals surface area contributed by atoms with Crippen molar-refractivity contribution in [3.63, 3.8) is 0 Å². The van der Waals surface area contributed by atoms with Crippen molar-refractivity contribution in [3.05, 3.63) is 70.8 Å². The van der Waals surface area contributed by atoms with Crippen LogP contribution in [0.3, 0.4) is 0 Å². The van der Waals surface area contributed by atoms with Crippen LogP contribution >= 0.6 is 0 Å². The Bertz CT molecular complexity index is 732. The highest BCUT2D eigenvalue weighted by molar-refractivity contribution is 5.95. The van der Waals surface area contributed by atoms with E-state index in [4.69, 9.17) is 4.74 Å². The second kappa shape index (κ2) is 8.13. The molecule has 1 atom stereocenters. The summed E-state index contributed by atoms with van der Waals surface area (Å²) >= 11 is 0. The zero-order valence-corrected chi connectivity index (χ0v) is 13.5. The maximum atomic E-state index is 12.7. The first-order chi connectivity index (χ1) is 11.8. The number of nitrogens with one attached hydrogen (secondary N) is 1. The molecule has 1 amide bonds. The number of methoxy groups -OCH3 is 1. The minimum absolute atomic E-state index is 0.0836. The quantitative estimate of drug-likeness (QED) is 0.838. The number of halogens is 3. The lowest BCUT2D eigenvalue weighted by Gasteiger charge is -2.15. The Morgan fingerprint density at radius 1 is 1.20 bits per heavy atom. The first-order valence-corrected chi connectivity index (χ1v) is 7.53. The molecule has 7 heteroatoms. The number of aliphatic hydroxyl groups is 1. The van der Waals surface area contributed by atoms with Gasteiger partial charge < -0.3 is 15.2 Å². The molecule has 2 aromatic carbocycles. The molecule has 0 radical (unpaired) electrons. The van der Waals surface area contributed by atoms with Gasteiger partial charge in [0.2, 0.25) is 0 Å². The monoisotopic (exact) mass is 353 g/mol. The highest BCUT2D eigenvalue weighted by Gasteiger charge is 2.30. The lowest BCUT2D eigenvalue weighted by Crippen LogP contribution is -2.29. The van der Waals surface area contributed by atoms with Gasteiger partial charge in [-0.15, -0.1) is 0 Å². The van der Waals surface area contributed by atoms with Crippen molar-refractivity contribution in [2.45, 2.75) is 18.9 Å². The molecule has 0 heterocycles. The number of rotatable bonds is 6. The number of ether oxygens (including phenoxy) is 1. The third kappa shape index (κ3) is 5.04. The SMILES string of the molecule is COCc1ccccc1C(=O)NCC(O)c1cccc(C(F)(F)F)c1. The van der Waals surface area contributed by atoms with Crippen LogP contribution in [0, 0.1) is 0 Å². The molecule has 4 nitrogen and oxygen atoms in total. The van der Waals surface area contributed by atoms with Crippen LogP contribution in [0.4, 0.5) is 13.2 Å². The number of hydrogen-bond acceptors (Lipinski definition) is 3. The van der Waals surface area contributed by atoms with Gasteiger partial charge in [0.25, 0.3) is 5.91 Å². The van der Waals surface area contributed by atoms with Crippen molar-refractivity contribution in [1.82, 2.24) is 5.32 Å². The largest absolute Gasteiger partial charge is 0.416 e. The third-order valence-electron chi connectivity index (χ3n) is 3.62. The Kier molecular flexibility index (Phi) is 6.17. The molecule has 0 aliphatic carbocycles. The van der Waals surface area contributed by atoms with Gasteiger partial charge in [-0.05, 0) is 29.3 Å². The summed E-state index contributed by atoms with van der Waals surface area (Å²) in [6, 6.07) is 11.2. The highest BCUT2D eigenvalue weighted by atomic mass is 19.4. The van der Waals surface area contributed by atoms with Crippen molar-refractivity contribution in [2.24, 2.45) is 0 Å². The van der Waals surface area contributed by atoms with E-state index in [2.05, 4.69) is 5.32 Å². The minimum Gasteiger partial charge on any atom is -0.387 e. The van der Waals surface area contributed by atoms with Crippen LogP contribution in [0.25, 0.3) is 0 Å². The van der Waals surface area contributed by atoms with Gasteiger partial charge in [-0.2, -0.15) is 13.2 Å². The van der Waals surface area contributed by atoms with Crippen LogP contribution < -0.4 is 5.32 Å². The molecule has 134 valence electrons. The Hall–Kier alpha value is -2.38. The summed E-state index contributed by atoms with van der Waals surface area (Å²) in [4.78, 5) is 12.2. The van der Waals surface area contributed by atoms with Gasteiger partial charge >= 0.3 is 6.18 Å². The summed E-state index contributed by atoms with van der Waals surface area (Å²) in [5.74, 6) is -0.432. The Morgan fingerprint density at radius 2 is 1.92 bits per heavy atom. The molecular formula is C18H18F3NO3. The Labute approximate surface area is 143 Å². The average molecular weight is 353 g/mol. The standard InChI is InChI=1S/C18H18F3NO3/c1-25-11-13-5-2-3-8-15(13)17(24)22-10-16(23)12-6-4-7-14(9-12)18(19,20)21/h2-9,16,23H,10-11H2,1H3,(H,22,24). The minimum atomic E-state index is -4.49. The molecule has 2 rings (SSSR count). The number of alkyl halides is 3. The van der Waals surface area contributed by atoms with Crippen molar-refractivity contribution in [3.8, 4) is 0 Å². The molecule has 1 unspecified atom stereocenters. The van der Waals surface area contributed by atoms with Gasteiger partial charge in [-0.25, -0.2) is 0 Å². The van der Waals surface area contributed by atoms with E-state index in [0.717, 1.165) is 12.1 Å². The van der Waals surface area contributed by atoms with Crippen LogP contribution in [-0.2, 0) is 17.5 Å². The van der Waals surface area contributed by atoms with Crippen molar-refractivity contribution < 1.29 is 27.8 Å². The van der Waals surface area contributed by atoms with Gasteiger partial charge in [-0.1, -0.05) is 30.3 Å². The third-order valence-corrected chi connectivity index (χ3v) is 3.62. The number of aliphatic hydroxyl groups excluding tert-OH is 1. The topological polar surface area (TPSA) is 58.6 Å². The zero-order chi connectivity index (χ0) is 18.4. The molecule has 25 heavy (non-hydrogen) atoms. The maximum Gasteiger partial charge on any atom is 0.416 e. The van der Waals surface area contributed by atoms with Crippen LogP contribution in [-0.4, -0.2) is 24.7 Å². The summed E-state index contributed by atoms with van der Waals surface area (Å²) in [6.07, 6.45) is -5.74. The molecule has 0 aromatic heterocycles. The van der Waals surface area contributed by atoms with Crippen molar-refractivity contribution in [1.29, 1.82) is 0 Å². The Morgan fingerprint density at radius 3 is 2.60 bits per heavy atom. The van der Waals surface area contributed by atoms with Gasteiger partial charge in [0.05, 0.1) is 18.3 Å². The van der Waals surface area contributed by atoms with Gasteiger partial charge in [-0.3, -0.25) is 4.79 Å². The maximum absolute atomic E-state index is 12.7. The van der Waals surface area contributed by atoms with E-state index >= 15 is 0 Å². The number of hydrogen-bond donors (Lipinski definition) is 2. The normalized spacial score (nSPS) is 12.7. The zero-order valence-electron chi connectivity index (χ0n) is 13.5. The fourth-order valence-corrected chi connectivity index (χ4v) is 2.35. The van der Waals surface area contributed by atoms with Crippen LogP contribution in [0.2, 0.25) is 0 Å². The molecule has 0 saturated carbocycles. The molecular weight excluding hydrogens is 335 g/mol. The average Bonchev–Trinajstić information content (AvgIpc) is 2.59. The summed E-state index contributed by atoms with van der Waals surface area (Å²) in [6.45, 7) is 0.0429. The van der Waals surface area contributed by atoms with E-state index in [1.54, 1.807) is 24.3 Å². The van der Waals surface area contributed by atoms with Gasteiger partial charge in [0.15, 0.2) is 0 Å². The smallest absolute Gasteiger partial charge is 0.387 e. The fraction of sp³-hybridized carbons (Fsp3) is 0.278. The van der Waals surface area contributed by atoms with E-state index in [-0.39, 0.29) is 18.7 Å². The van der Waals surface area contributed by atoms with Crippen molar-refractivity contribution >= 4 is 5.91 Å². The fourth-order valence-electron chi connectivity index (χ4n) is 2.35. The van der Waals surface area contributed by atoms with Crippen molar-refractivity contribution in [2.75, 3.05) is 13.7 Å². The van der Waals surface area contributed by atoms with Crippen LogP contribution in [0.15, 0.2) is 48.5 Å². The van der Waals surface area contributed by atoms with E-state index < -0.39 is 23.8 Å². The lowest BCUT2D eigenvalue weighted by atomic mass is 10.0. The molecule has 0 spiro atoms. The van der Waals surface area contributed by atoms with Crippen LogP contribution in [0.5, 0.6) is 0 Å². The van der Waals surface area contributed by atoms with Crippen LogP contribution in [0.1, 0.15) is 33.2 Å². The number of carbonyl (C=O) groups excluding carboxylic acids is 1. The Balaban J connectivity index is 2.05.